The number of rotatable bonds is 6. The Labute approximate surface area is 184 Å². The van der Waals surface area contributed by atoms with Gasteiger partial charge in [-0.2, -0.15) is 0 Å². The van der Waals surface area contributed by atoms with Crippen LogP contribution in [0.4, 0.5) is 4.39 Å². The van der Waals surface area contributed by atoms with Crippen molar-refractivity contribution in [3.8, 4) is 0 Å². The highest BCUT2D eigenvalue weighted by atomic mass is 19.1. The Morgan fingerprint density at radius 2 is 2.03 bits per heavy atom. The van der Waals surface area contributed by atoms with E-state index >= 15 is 0 Å². The summed E-state index contributed by atoms with van der Waals surface area (Å²) < 4.78 is 16.5. The molecule has 2 N–H and O–H groups in total. The van der Waals surface area contributed by atoms with E-state index in [4.69, 9.17) is 5.73 Å². The molecule has 32 heavy (non-hydrogen) atoms. The Balaban J connectivity index is 1.94. The first-order chi connectivity index (χ1) is 15.3. The third-order valence-corrected chi connectivity index (χ3v) is 5.41. The number of allylic oxidation sites excluding steroid dienone is 3. The van der Waals surface area contributed by atoms with Crippen molar-refractivity contribution < 1.29 is 9.18 Å². The molecule has 3 aromatic rings. The van der Waals surface area contributed by atoms with Crippen LogP contribution in [0.1, 0.15) is 41.8 Å². The number of hydrogen-bond donors (Lipinski definition) is 1. The standard InChI is InChI=1S/C22H23FN8O/c1-4-19-28-29-30-31(19)22(9-17-12-25-14(3)11-26-17)7-15(6-16(8-22)21(24)32)20-18(23)5-13(2)10-27-20/h5-7,10-12H,4,8-9H2,1-3H3,(H2,24,32). The molecule has 1 unspecified atom stereocenters. The van der Waals surface area contributed by atoms with Gasteiger partial charge in [-0.25, -0.2) is 9.07 Å². The van der Waals surface area contributed by atoms with Gasteiger partial charge >= 0.3 is 0 Å². The van der Waals surface area contributed by atoms with E-state index in [0.29, 0.717) is 41.1 Å². The van der Waals surface area contributed by atoms with Crippen LogP contribution in [0.2, 0.25) is 0 Å². The molecule has 0 fully saturated rings. The van der Waals surface area contributed by atoms with Crippen LogP contribution in [-0.4, -0.2) is 41.1 Å². The molecule has 0 saturated heterocycles. The van der Waals surface area contributed by atoms with E-state index in [1.54, 1.807) is 36.3 Å². The molecule has 0 spiro atoms. The van der Waals surface area contributed by atoms with Crippen LogP contribution in [0.3, 0.4) is 0 Å². The van der Waals surface area contributed by atoms with Crippen molar-refractivity contribution in [2.75, 3.05) is 0 Å². The summed E-state index contributed by atoms with van der Waals surface area (Å²) in [6.45, 7) is 5.54. The Morgan fingerprint density at radius 3 is 2.69 bits per heavy atom. The summed E-state index contributed by atoms with van der Waals surface area (Å²) in [7, 11) is 0. The smallest absolute Gasteiger partial charge is 0.244 e. The summed E-state index contributed by atoms with van der Waals surface area (Å²) >= 11 is 0. The quantitative estimate of drug-likeness (QED) is 0.629. The van der Waals surface area contributed by atoms with Crippen molar-refractivity contribution in [3.05, 3.63) is 76.7 Å². The van der Waals surface area contributed by atoms with Crippen molar-refractivity contribution in [3.63, 3.8) is 0 Å². The van der Waals surface area contributed by atoms with Crippen LogP contribution < -0.4 is 5.73 Å². The lowest BCUT2D eigenvalue weighted by molar-refractivity contribution is -0.114. The molecule has 3 aromatic heterocycles. The molecule has 4 rings (SSSR count). The minimum atomic E-state index is -0.952. The zero-order valence-corrected chi connectivity index (χ0v) is 18.1. The highest BCUT2D eigenvalue weighted by Gasteiger charge is 2.39. The summed E-state index contributed by atoms with van der Waals surface area (Å²) in [6.07, 6.45) is 9.44. The second kappa shape index (κ2) is 8.37. The Hall–Kier alpha value is -3.82. The summed E-state index contributed by atoms with van der Waals surface area (Å²) in [6, 6.07) is 1.40. The number of carbonyl (C=O) groups excluding carboxylic acids is 1. The molecule has 0 aromatic carbocycles. The third-order valence-electron chi connectivity index (χ3n) is 5.41. The highest BCUT2D eigenvalue weighted by molar-refractivity contribution is 5.96. The van der Waals surface area contributed by atoms with E-state index in [1.807, 2.05) is 19.9 Å². The van der Waals surface area contributed by atoms with Crippen LogP contribution in [0, 0.1) is 19.7 Å². The summed E-state index contributed by atoms with van der Waals surface area (Å²) in [4.78, 5) is 25.4. The first-order valence-corrected chi connectivity index (χ1v) is 10.2. The van der Waals surface area contributed by atoms with E-state index in [0.717, 1.165) is 5.69 Å². The van der Waals surface area contributed by atoms with Crippen molar-refractivity contribution in [1.82, 2.24) is 35.2 Å². The first-order valence-electron chi connectivity index (χ1n) is 10.2. The van der Waals surface area contributed by atoms with E-state index in [2.05, 4.69) is 30.5 Å². The average Bonchev–Trinajstić information content (AvgIpc) is 3.25. The number of halogens is 1. The fourth-order valence-electron chi connectivity index (χ4n) is 3.91. The van der Waals surface area contributed by atoms with Crippen LogP contribution in [0.5, 0.6) is 0 Å². The van der Waals surface area contributed by atoms with Gasteiger partial charge in [0.15, 0.2) is 5.82 Å². The molecule has 164 valence electrons. The molecule has 10 heteroatoms. The largest absolute Gasteiger partial charge is 0.366 e. The number of pyridine rings is 1. The number of carbonyl (C=O) groups is 1. The van der Waals surface area contributed by atoms with Gasteiger partial charge in [-0.15, -0.1) is 5.10 Å². The number of nitrogens with zero attached hydrogens (tertiary/aromatic N) is 7. The lowest BCUT2D eigenvalue weighted by Crippen LogP contribution is -2.40. The van der Waals surface area contributed by atoms with Gasteiger partial charge in [0.1, 0.15) is 11.5 Å². The predicted molar refractivity (Wildman–Crippen MR) is 114 cm³/mol. The van der Waals surface area contributed by atoms with Gasteiger partial charge in [0.05, 0.1) is 16.9 Å². The minimum absolute atomic E-state index is 0.125. The molecule has 9 nitrogen and oxygen atoms in total. The molecule has 0 radical (unpaired) electrons. The van der Waals surface area contributed by atoms with Crippen LogP contribution in [0.15, 0.2) is 42.4 Å². The normalized spacial score (nSPS) is 18.2. The van der Waals surface area contributed by atoms with Gasteiger partial charge < -0.3 is 5.73 Å². The van der Waals surface area contributed by atoms with Gasteiger partial charge in [0, 0.05) is 49.0 Å². The minimum Gasteiger partial charge on any atom is -0.366 e. The Bertz CT molecular complexity index is 1230. The lowest BCUT2D eigenvalue weighted by atomic mass is 9.79. The van der Waals surface area contributed by atoms with E-state index in [9.17, 15) is 9.18 Å². The molecular weight excluding hydrogens is 411 g/mol. The number of aromatic nitrogens is 7. The monoisotopic (exact) mass is 434 g/mol. The van der Waals surface area contributed by atoms with Crippen molar-refractivity contribution in [2.24, 2.45) is 5.73 Å². The third kappa shape index (κ3) is 4.03. The van der Waals surface area contributed by atoms with Gasteiger partial charge in [0.2, 0.25) is 5.91 Å². The molecule has 1 aliphatic carbocycles. The number of aryl methyl sites for hydroxylation is 3. The second-order valence-corrected chi connectivity index (χ2v) is 7.94. The Morgan fingerprint density at radius 1 is 1.22 bits per heavy atom. The van der Waals surface area contributed by atoms with E-state index in [1.165, 1.54) is 6.07 Å². The van der Waals surface area contributed by atoms with Gasteiger partial charge in [0.25, 0.3) is 0 Å². The van der Waals surface area contributed by atoms with Gasteiger partial charge in [-0.1, -0.05) is 6.92 Å². The van der Waals surface area contributed by atoms with Gasteiger partial charge in [-0.3, -0.25) is 19.7 Å². The summed E-state index contributed by atoms with van der Waals surface area (Å²) in [5.74, 6) is -0.480. The van der Waals surface area contributed by atoms with Crippen molar-refractivity contribution in [2.45, 2.75) is 45.6 Å². The molecule has 3 heterocycles. The number of primary amides is 1. The zero-order chi connectivity index (χ0) is 22.9. The van der Waals surface area contributed by atoms with Crippen LogP contribution >= 0.6 is 0 Å². The molecule has 1 amide bonds. The average molecular weight is 434 g/mol. The van der Waals surface area contributed by atoms with Crippen LogP contribution in [-0.2, 0) is 23.2 Å². The maximum absolute atomic E-state index is 14.9. The fraction of sp³-hybridized carbons (Fsp3) is 0.318. The van der Waals surface area contributed by atoms with Crippen LogP contribution in [0.25, 0.3) is 5.57 Å². The van der Waals surface area contributed by atoms with E-state index in [-0.39, 0.29) is 12.1 Å². The van der Waals surface area contributed by atoms with E-state index < -0.39 is 17.3 Å². The maximum atomic E-state index is 14.9. The predicted octanol–water partition coefficient (Wildman–Crippen LogP) is 2.01. The fourth-order valence-corrected chi connectivity index (χ4v) is 3.91. The Kier molecular flexibility index (Phi) is 5.60. The second-order valence-electron chi connectivity index (χ2n) is 7.94. The topological polar surface area (TPSA) is 125 Å². The number of amides is 1. The number of hydrogen-bond acceptors (Lipinski definition) is 7. The highest BCUT2D eigenvalue weighted by Crippen LogP contribution is 2.39. The molecule has 1 atom stereocenters. The molecule has 0 aliphatic heterocycles. The molecule has 1 aliphatic rings. The number of nitrogens with two attached hydrogens (primary N) is 1. The maximum Gasteiger partial charge on any atom is 0.244 e. The molecular formula is C22H23FN8O. The SMILES string of the molecule is CCc1nnnn1C1(Cc2cnc(C)cn2)C=C(c2ncc(C)cc2F)C=C(C(N)=O)C1. The number of tetrazole rings is 1. The summed E-state index contributed by atoms with van der Waals surface area (Å²) in [5.41, 5.74) is 7.76. The summed E-state index contributed by atoms with van der Waals surface area (Å²) in [5, 5.41) is 12.2. The van der Waals surface area contributed by atoms with Crippen molar-refractivity contribution >= 4 is 11.5 Å². The molecule has 0 saturated carbocycles. The first kappa shape index (κ1) is 21.4. The van der Waals surface area contributed by atoms with Crippen molar-refractivity contribution in [1.29, 1.82) is 0 Å². The lowest BCUT2D eigenvalue weighted by Gasteiger charge is -2.35. The zero-order valence-electron chi connectivity index (χ0n) is 18.1. The van der Waals surface area contributed by atoms with Gasteiger partial charge in [-0.05, 0) is 48.1 Å². The molecule has 0 bridgehead atoms.